The van der Waals surface area contributed by atoms with Crippen molar-refractivity contribution in [2.45, 2.75) is 34.1 Å². The minimum absolute atomic E-state index is 0.136. The van der Waals surface area contributed by atoms with E-state index in [2.05, 4.69) is 98.7 Å². The lowest BCUT2D eigenvalue weighted by molar-refractivity contribution is 0.356. The molecule has 0 radical (unpaired) electrons. The number of hydrogen-bond donors (Lipinski definition) is 1. The molecule has 34 heavy (non-hydrogen) atoms. The van der Waals surface area contributed by atoms with Crippen LogP contribution in [0.2, 0.25) is 0 Å². The maximum atomic E-state index is 5.49. The fourth-order valence-corrected chi connectivity index (χ4v) is 3.80. The largest absolute Gasteiger partial charge is 0.493 e. The van der Waals surface area contributed by atoms with Gasteiger partial charge in [-0.15, -0.1) is 0 Å². The third-order valence-corrected chi connectivity index (χ3v) is 5.73. The van der Waals surface area contributed by atoms with Gasteiger partial charge >= 0.3 is 0 Å². The van der Waals surface area contributed by atoms with Gasteiger partial charge in [0.1, 0.15) is 0 Å². The molecule has 0 unspecified atom stereocenters. The Labute approximate surface area is 204 Å². The maximum Gasteiger partial charge on any atom is 0.162 e. The lowest BCUT2D eigenvalue weighted by atomic mass is 9.86. The molecule has 1 heterocycles. The fraction of sp³-hybridized carbons (Fsp3) is 0.300. The first kappa shape index (κ1) is 25.1. The Morgan fingerprint density at radius 1 is 1.00 bits per heavy atom. The minimum Gasteiger partial charge on any atom is -0.493 e. The Balaban J connectivity index is 1.66. The molecule has 1 N–H and O–H groups in total. The van der Waals surface area contributed by atoms with E-state index in [9.17, 15) is 0 Å². The summed E-state index contributed by atoms with van der Waals surface area (Å²) in [5.41, 5.74) is 5.91. The predicted molar refractivity (Wildman–Crippen MR) is 144 cm³/mol. The topological polar surface area (TPSA) is 43.4 Å². The summed E-state index contributed by atoms with van der Waals surface area (Å²) in [5.74, 6) is 1.41. The zero-order valence-corrected chi connectivity index (χ0v) is 21.2. The summed E-state index contributed by atoms with van der Waals surface area (Å²) in [7, 11) is 3.30. The van der Waals surface area contributed by atoms with E-state index in [1.54, 1.807) is 14.2 Å². The summed E-state index contributed by atoms with van der Waals surface area (Å²) in [4.78, 5) is 4.51. The number of anilines is 1. The third-order valence-electron chi connectivity index (χ3n) is 5.73. The van der Waals surface area contributed by atoms with Crippen LogP contribution in [0, 0.1) is 5.41 Å². The Bertz CT molecular complexity index is 1180. The molecule has 0 bridgehead atoms. The number of allylic oxidation sites excluding steroid dienone is 5. The highest BCUT2D eigenvalue weighted by atomic mass is 16.5. The number of ether oxygens (including phenoxy) is 2. The van der Waals surface area contributed by atoms with Crippen LogP contribution in [-0.2, 0) is 6.42 Å². The van der Waals surface area contributed by atoms with Crippen molar-refractivity contribution in [2.24, 2.45) is 5.41 Å². The van der Waals surface area contributed by atoms with E-state index in [0.29, 0.717) is 11.5 Å². The number of hydrogen-bond acceptors (Lipinski definition) is 4. The van der Waals surface area contributed by atoms with Crippen LogP contribution in [0.3, 0.4) is 0 Å². The lowest BCUT2D eigenvalue weighted by Gasteiger charge is -2.19. The van der Waals surface area contributed by atoms with E-state index in [1.165, 1.54) is 16.7 Å². The SMILES string of the molecule is C\C=C/C(=C\C=C\CNc1ccc(Cc2ccnc3cc(OC)c(OC)cc23)cc1)C(C)(C)C. The van der Waals surface area contributed by atoms with E-state index < -0.39 is 0 Å². The lowest BCUT2D eigenvalue weighted by Crippen LogP contribution is -2.07. The molecule has 0 fully saturated rings. The number of benzene rings is 2. The quantitative estimate of drug-likeness (QED) is 0.342. The molecule has 0 aliphatic heterocycles. The van der Waals surface area contributed by atoms with Gasteiger partial charge in [0.2, 0.25) is 0 Å². The summed E-state index contributed by atoms with van der Waals surface area (Å²) in [6.07, 6.45) is 13.4. The highest BCUT2D eigenvalue weighted by Crippen LogP contribution is 2.33. The van der Waals surface area contributed by atoms with Crippen molar-refractivity contribution >= 4 is 16.6 Å². The molecule has 0 aliphatic rings. The van der Waals surface area contributed by atoms with Crippen LogP contribution in [0.15, 0.2) is 84.6 Å². The van der Waals surface area contributed by atoms with Gasteiger partial charge in [0, 0.05) is 29.9 Å². The van der Waals surface area contributed by atoms with Crippen molar-refractivity contribution in [3.8, 4) is 11.5 Å². The fourth-order valence-electron chi connectivity index (χ4n) is 3.80. The van der Waals surface area contributed by atoms with E-state index in [0.717, 1.165) is 29.6 Å². The average Bonchev–Trinajstić information content (AvgIpc) is 2.82. The number of aromatic nitrogens is 1. The Morgan fingerprint density at radius 2 is 1.71 bits per heavy atom. The molecule has 0 saturated heterocycles. The standard InChI is InChI=1S/C30H36N2O2/c1-7-10-24(30(2,3)4)11-8-9-17-31-25-14-12-22(13-15-25)19-23-16-18-32-27-21-29(34-6)28(33-5)20-26(23)27/h7-16,18,20-21,31H,17,19H2,1-6H3/b9-8+,10-7-,24-11+. The Morgan fingerprint density at radius 3 is 2.35 bits per heavy atom. The van der Waals surface area contributed by atoms with Crippen LogP contribution in [0.4, 0.5) is 5.69 Å². The molecule has 3 aromatic rings. The van der Waals surface area contributed by atoms with Crippen LogP contribution in [0.5, 0.6) is 11.5 Å². The van der Waals surface area contributed by atoms with Gasteiger partial charge in [-0.3, -0.25) is 4.98 Å². The second-order valence-corrected chi connectivity index (χ2v) is 9.25. The molecule has 2 aromatic carbocycles. The predicted octanol–water partition coefficient (Wildman–Crippen LogP) is 7.36. The molecule has 1 aromatic heterocycles. The van der Waals surface area contributed by atoms with Crippen molar-refractivity contribution in [3.05, 3.63) is 95.7 Å². The molecular weight excluding hydrogens is 420 g/mol. The van der Waals surface area contributed by atoms with Crippen molar-refractivity contribution < 1.29 is 9.47 Å². The number of rotatable bonds is 9. The van der Waals surface area contributed by atoms with E-state index in [1.807, 2.05) is 18.3 Å². The van der Waals surface area contributed by atoms with Gasteiger partial charge in [-0.2, -0.15) is 0 Å². The summed E-state index contributed by atoms with van der Waals surface area (Å²) in [5, 5.41) is 4.54. The molecule has 3 rings (SSSR count). The number of nitrogens with one attached hydrogen (secondary N) is 1. The number of pyridine rings is 1. The van der Waals surface area contributed by atoms with Gasteiger partial charge in [-0.1, -0.05) is 63.3 Å². The van der Waals surface area contributed by atoms with Gasteiger partial charge in [0.15, 0.2) is 11.5 Å². The van der Waals surface area contributed by atoms with Crippen molar-refractivity contribution in [3.63, 3.8) is 0 Å². The molecule has 178 valence electrons. The maximum absolute atomic E-state index is 5.49. The van der Waals surface area contributed by atoms with Crippen molar-refractivity contribution in [2.75, 3.05) is 26.1 Å². The van der Waals surface area contributed by atoms with E-state index >= 15 is 0 Å². The average molecular weight is 457 g/mol. The van der Waals surface area contributed by atoms with Crippen LogP contribution in [0.1, 0.15) is 38.8 Å². The van der Waals surface area contributed by atoms with Crippen LogP contribution in [-0.4, -0.2) is 25.7 Å². The summed E-state index contributed by atoms with van der Waals surface area (Å²) in [6, 6.07) is 14.6. The number of methoxy groups -OCH3 is 2. The van der Waals surface area contributed by atoms with Gasteiger partial charge in [0.05, 0.1) is 19.7 Å². The first-order valence-electron chi connectivity index (χ1n) is 11.7. The monoisotopic (exact) mass is 456 g/mol. The van der Waals surface area contributed by atoms with Crippen LogP contribution in [0.25, 0.3) is 10.9 Å². The van der Waals surface area contributed by atoms with E-state index in [-0.39, 0.29) is 5.41 Å². The molecule has 0 aliphatic carbocycles. The second kappa shape index (κ2) is 11.6. The summed E-state index contributed by atoms with van der Waals surface area (Å²) < 4.78 is 10.9. The number of nitrogens with zero attached hydrogens (tertiary/aromatic N) is 1. The van der Waals surface area contributed by atoms with Gasteiger partial charge in [0.25, 0.3) is 0 Å². The highest BCUT2D eigenvalue weighted by Gasteiger charge is 2.13. The smallest absolute Gasteiger partial charge is 0.162 e. The molecule has 4 heteroatoms. The summed E-state index contributed by atoms with van der Waals surface area (Å²) in [6.45, 7) is 9.52. The molecule has 0 amide bonds. The highest BCUT2D eigenvalue weighted by molar-refractivity contribution is 5.86. The van der Waals surface area contributed by atoms with Crippen molar-refractivity contribution in [1.82, 2.24) is 4.98 Å². The molecular formula is C30H36N2O2. The van der Waals surface area contributed by atoms with E-state index in [4.69, 9.17) is 9.47 Å². The van der Waals surface area contributed by atoms with Gasteiger partial charge in [-0.05, 0) is 59.7 Å². The minimum atomic E-state index is 0.136. The Hall–Kier alpha value is -3.53. The zero-order valence-electron chi connectivity index (χ0n) is 21.2. The third kappa shape index (κ3) is 6.50. The van der Waals surface area contributed by atoms with Crippen molar-refractivity contribution in [1.29, 1.82) is 0 Å². The first-order chi connectivity index (χ1) is 16.4. The zero-order chi connectivity index (χ0) is 24.6. The second-order valence-electron chi connectivity index (χ2n) is 9.25. The van der Waals surface area contributed by atoms with Crippen LogP contribution < -0.4 is 14.8 Å². The molecule has 0 spiro atoms. The first-order valence-corrected chi connectivity index (χ1v) is 11.7. The number of fused-ring (bicyclic) bond motifs is 1. The van der Waals surface area contributed by atoms with Gasteiger partial charge < -0.3 is 14.8 Å². The summed E-state index contributed by atoms with van der Waals surface area (Å²) >= 11 is 0. The molecule has 0 atom stereocenters. The van der Waals surface area contributed by atoms with Gasteiger partial charge in [-0.25, -0.2) is 0 Å². The van der Waals surface area contributed by atoms with Crippen LogP contribution >= 0.6 is 0 Å². The molecule has 0 saturated carbocycles. The normalized spacial score (nSPS) is 12.6. The Kier molecular flexibility index (Phi) is 8.53. The molecule has 4 nitrogen and oxygen atoms in total.